The molecule has 0 aliphatic heterocycles. The van der Waals surface area contributed by atoms with Gasteiger partial charge in [-0.1, -0.05) is 36.7 Å². The molecule has 1 atom stereocenters. The molecular formula is C18H17ClN2O2. The molecule has 0 saturated heterocycles. The lowest BCUT2D eigenvalue weighted by molar-refractivity contribution is 0.178. The van der Waals surface area contributed by atoms with Crippen molar-refractivity contribution in [1.29, 1.82) is 0 Å². The summed E-state index contributed by atoms with van der Waals surface area (Å²) in [5, 5.41) is 11.0. The Labute approximate surface area is 138 Å². The Balaban J connectivity index is 1.88. The Hall–Kier alpha value is -2.17. The predicted molar refractivity (Wildman–Crippen MR) is 91.9 cm³/mol. The zero-order valence-corrected chi connectivity index (χ0v) is 13.5. The number of nitrogens with zero attached hydrogens (tertiary/aromatic N) is 1. The molecule has 0 spiro atoms. The van der Waals surface area contributed by atoms with Crippen molar-refractivity contribution < 1.29 is 5.11 Å². The first-order chi connectivity index (χ1) is 11.1. The number of rotatable bonds is 4. The van der Waals surface area contributed by atoms with E-state index in [1.807, 2.05) is 37.3 Å². The van der Waals surface area contributed by atoms with E-state index in [4.69, 9.17) is 11.6 Å². The van der Waals surface area contributed by atoms with E-state index in [9.17, 15) is 9.90 Å². The van der Waals surface area contributed by atoms with Crippen LogP contribution in [0.15, 0.2) is 47.3 Å². The zero-order chi connectivity index (χ0) is 16.4. The zero-order valence-electron chi connectivity index (χ0n) is 12.7. The molecule has 2 aromatic carbocycles. The molecule has 5 heteroatoms. The van der Waals surface area contributed by atoms with Gasteiger partial charge in [-0.2, -0.15) is 0 Å². The van der Waals surface area contributed by atoms with Gasteiger partial charge in [-0.05, 0) is 41.8 Å². The number of aromatic nitrogens is 2. The topological polar surface area (TPSA) is 66.0 Å². The van der Waals surface area contributed by atoms with E-state index < -0.39 is 6.10 Å². The number of aryl methyl sites for hydroxylation is 1. The monoisotopic (exact) mass is 328 g/mol. The highest BCUT2D eigenvalue weighted by Crippen LogP contribution is 2.21. The maximum absolute atomic E-state index is 11.9. The average molecular weight is 329 g/mol. The second-order valence-corrected chi connectivity index (χ2v) is 5.93. The molecule has 1 aromatic heterocycles. The first-order valence-corrected chi connectivity index (χ1v) is 7.90. The van der Waals surface area contributed by atoms with E-state index in [-0.39, 0.29) is 5.56 Å². The molecule has 118 valence electrons. The second kappa shape index (κ2) is 6.52. The summed E-state index contributed by atoms with van der Waals surface area (Å²) in [4.78, 5) is 19.1. The number of hydrogen-bond donors (Lipinski definition) is 2. The number of H-pyrrole nitrogens is 1. The fourth-order valence-corrected chi connectivity index (χ4v) is 2.69. The molecule has 1 heterocycles. The Morgan fingerprint density at radius 2 is 1.96 bits per heavy atom. The van der Waals surface area contributed by atoms with Crippen LogP contribution >= 0.6 is 11.6 Å². The molecule has 0 fully saturated rings. The largest absolute Gasteiger partial charge is 0.388 e. The summed E-state index contributed by atoms with van der Waals surface area (Å²) in [6, 6.07) is 12.8. The third-order valence-corrected chi connectivity index (χ3v) is 4.10. The van der Waals surface area contributed by atoms with Gasteiger partial charge in [0.2, 0.25) is 0 Å². The van der Waals surface area contributed by atoms with E-state index in [1.165, 1.54) is 0 Å². The molecule has 3 aromatic rings. The van der Waals surface area contributed by atoms with Gasteiger partial charge >= 0.3 is 0 Å². The fourth-order valence-electron chi connectivity index (χ4n) is 2.56. The van der Waals surface area contributed by atoms with E-state index >= 15 is 0 Å². The summed E-state index contributed by atoms with van der Waals surface area (Å²) in [7, 11) is 0. The van der Waals surface area contributed by atoms with Gasteiger partial charge in [0.25, 0.3) is 5.56 Å². The maximum Gasteiger partial charge on any atom is 0.270 e. The molecule has 0 aliphatic rings. The van der Waals surface area contributed by atoms with Gasteiger partial charge in [-0.3, -0.25) is 4.79 Å². The second-order valence-electron chi connectivity index (χ2n) is 5.49. The lowest BCUT2D eigenvalue weighted by Crippen LogP contribution is -2.14. The quantitative estimate of drug-likeness (QED) is 0.771. The highest BCUT2D eigenvalue weighted by Gasteiger charge is 2.10. The molecule has 4 nitrogen and oxygen atoms in total. The minimum absolute atomic E-state index is 0.157. The van der Waals surface area contributed by atoms with Crippen LogP contribution in [0.1, 0.15) is 29.8 Å². The van der Waals surface area contributed by atoms with Crippen molar-refractivity contribution in [3.8, 4) is 0 Å². The maximum atomic E-state index is 11.9. The Morgan fingerprint density at radius 1 is 1.22 bits per heavy atom. The Kier molecular flexibility index (Phi) is 4.46. The number of hydrogen-bond acceptors (Lipinski definition) is 3. The first kappa shape index (κ1) is 15.7. The molecule has 3 rings (SSSR count). The van der Waals surface area contributed by atoms with Crippen LogP contribution in [0.2, 0.25) is 5.02 Å². The number of benzene rings is 2. The van der Waals surface area contributed by atoms with Crippen LogP contribution in [0.4, 0.5) is 0 Å². The number of nitrogens with one attached hydrogen (secondary N) is 1. The normalized spacial score (nSPS) is 12.5. The van der Waals surface area contributed by atoms with Crippen LogP contribution in [-0.2, 0) is 12.8 Å². The molecule has 0 radical (unpaired) electrons. The third kappa shape index (κ3) is 3.44. The van der Waals surface area contributed by atoms with Gasteiger partial charge in [0.15, 0.2) is 0 Å². The summed E-state index contributed by atoms with van der Waals surface area (Å²) in [5.74, 6) is 0. The molecule has 2 N–H and O–H groups in total. The average Bonchev–Trinajstić information content (AvgIpc) is 2.54. The van der Waals surface area contributed by atoms with Crippen molar-refractivity contribution in [3.63, 3.8) is 0 Å². The Morgan fingerprint density at radius 3 is 2.65 bits per heavy atom. The van der Waals surface area contributed by atoms with Crippen molar-refractivity contribution in [2.75, 3.05) is 0 Å². The van der Waals surface area contributed by atoms with Crippen LogP contribution in [-0.4, -0.2) is 15.1 Å². The van der Waals surface area contributed by atoms with Crippen LogP contribution in [0.25, 0.3) is 11.0 Å². The molecular weight excluding hydrogens is 312 g/mol. The fraction of sp³-hybridized carbons (Fsp3) is 0.222. The first-order valence-electron chi connectivity index (χ1n) is 7.52. The van der Waals surface area contributed by atoms with Crippen LogP contribution < -0.4 is 5.56 Å². The van der Waals surface area contributed by atoms with Crippen molar-refractivity contribution in [2.45, 2.75) is 25.9 Å². The summed E-state index contributed by atoms with van der Waals surface area (Å²) < 4.78 is 0. The minimum Gasteiger partial charge on any atom is -0.388 e. The summed E-state index contributed by atoms with van der Waals surface area (Å²) in [6.45, 7) is 1.90. The standard InChI is InChI=1S/C18H17ClN2O2/c1-2-14-18(23)21-16-9-11(3-8-15(16)20-14)10-17(22)12-4-6-13(19)7-5-12/h3-9,17,22H,2,10H2,1H3,(H,21,23). The van der Waals surface area contributed by atoms with E-state index in [0.29, 0.717) is 29.1 Å². The van der Waals surface area contributed by atoms with Gasteiger partial charge in [0.1, 0.15) is 5.69 Å². The summed E-state index contributed by atoms with van der Waals surface area (Å²) in [6.07, 6.45) is 0.427. The number of aromatic amines is 1. The minimum atomic E-state index is -0.626. The smallest absolute Gasteiger partial charge is 0.270 e. The van der Waals surface area contributed by atoms with Gasteiger partial charge < -0.3 is 10.1 Å². The van der Waals surface area contributed by atoms with E-state index in [2.05, 4.69) is 9.97 Å². The Bertz CT molecular complexity index is 888. The third-order valence-electron chi connectivity index (χ3n) is 3.85. The van der Waals surface area contributed by atoms with E-state index in [0.717, 1.165) is 16.6 Å². The SMILES string of the molecule is CCc1nc2ccc(CC(O)c3ccc(Cl)cc3)cc2[nH]c1=O. The molecule has 23 heavy (non-hydrogen) atoms. The van der Waals surface area contributed by atoms with E-state index in [1.54, 1.807) is 12.1 Å². The number of aliphatic hydroxyl groups is 1. The van der Waals surface area contributed by atoms with Gasteiger partial charge in [-0.25, -0.2) is 4.98 Å². The van der Waals surface area contributed by atoms with Crippen LogP contribution in [0.5, 0.6) is 0 Å². The number of halogens is 1. The van der Waals surface area contributed by atoms with Crippen molar-refractivity contribution >= 4 is 22.6 Å². The highest BCUT2D eigenvalue weighted by atomic mass is 35.5. The summed E-state index contributed by atoms with van der Waals surface area (Å²) >= 11 is 5.86. The van der Waals surface area contributed by atoms with Gasteiger partial charge in [0.05, 0.1) is 17.1 Å². The molecule has 0 amide bonds. The van der Waals surface area contributed by atoms with Crippen LogP contribution in [0, 0.1) is 0 Å². The van der Waals surface area contributed by atoms with Crippen molar-refractivity contribution in [1.82, 2.24) is 9.97 Å². The molecule has 0 saturated carbocycles. The number of fused-ring (bicyclic) bond motifs is 1. The molecule has 1 unspecified atom stereocenters. The summed E-state index contributed by atoms with van der Waals surface area (Å²) in [5.41, 5.74) is 3.56. The lowest BCUT2D eigenvalue weighted by Gasteiger charge is -2.12. The van der Waals surface area contributed by atoms with Gasteiger partial charge in [0, 0.05) is 11.4 Å². The highest BCUT2D eigenvalue weighted by molar-refractivity contribution is 6.30. The molecule has 0 bridgehead atoms. The van der Waals surface area contributed by atoms with Gasteiger partial charge in [-0.15, -0.1) is 0 Å². The predicted octanol–water partition coefficient (Wildman–Crippen LogP) is 3.42. The number of aliphatic hydroxyl groups excluding tert-OH is 1. The lowest BCUT2D eigenvalue weighted by atomic mass is 10.0. The van der Waals surface area contributed by atoms with Crippen LogP contribution in [0.3, 0.4) is 0 Å². The van der Waals surface area contributed by atoms with Crippen molar-refractivity contribution in [3.05, 3.63) is 74.7 Å². The van der Waals surface area contributed by atoms with Crippen molar-refractivity contribution in [2.24, 2.45) is 0 Å². The molecule has 0 aliphatic carbocycles.